The van der Waals surface area contributed by atoms with Crippen molar-refractivity contribution in [1.82, 2.24) is 10.2 Å². The van der Waals surface area contributed by atoms with Gasteiger partial charge in [-0.15, -0.1) is 0 Å². The number of benzene rings is 1. The Morgan fingerprint density at radius 2 is 1.78 bits per heavy atom. The first-order valence-corrected chi connectivity index (χ1v) is 8.67. The van der Waals surface area contributed by atoms with Crippen LogP contribution in [-0.4, -0.2) is 50.3 Å². The number of thiocarbonyl (C=S) groups is 1. The van der Waals surface area contributed by atoms with Crippen LogP contribution in [0.3, 0.4) is 0 Å². The van der Waals surface area contributed by atoms with E-state index >= 15 is 0 Å². The first-order valence-electron chi connectivity index (χ1n) is 8.26. The molecule has 0 spiro atoms. The molecular formula is C18H28N2O2S. The number of nitrogens with one attached hydrogen (secondary N) is 1. The maximum absolute atomic E-state index is 5.51. The lowest BCUT2D eigenvalue weighted by atomic mass is 9.74. The van der Waals surface area contributed by atoms with E-state index < -0.39 is 0 Å². The van der Waals surface area contributed by atoms with Crippen molar-refractivity contribution in [1.29, 1.82) is 0 Å². The van der Waals surface area contributed by atoms with Crippen molar-refractivity contribution in [2.75, 3.05) is 40.4 Å². The summed E-state index contributed by atoms with van der Waals surface area (Å²) in [6, 6.07) is 4.10. The van der Waals surface area contributed by atoms with Crippen molar-refractivity contribution in [3.05, 3.63) is 23.3 Å². The van der Waals surface area contributed by atoms with Crippen LogP contribution in [0.1, 0.15) is 38.3 Å². The van der Waals surface area contributed by atoms with Crippen LogP contribution in [0.25, 0.3) is 0 Å². The minimum atomic E-state index is 0.0276. The molecule has 128 valence electrons. The highest BCUT2D eigenvalue weighted by Gasteiger charge is 2.35. The second-order valence-electron chi connectivity index (χ2n) is 6.27. The maximum atomic E-state index is 5.51. The average Bonchev–Trinajstić information content (AvgIpc) is 2.58. The van der Waals surface area contributed by atoms with E-state index in [2.05, 4.69) is 37.1 Å². The van der Waals surface area contributed by atoms with Gasteiger partial charge in [-0.3, -0.25) is 0 Å². The van der Waals surface area contributed by atoms with Gasteiger partial charge in [-0.2, -0.15) is 0 Å². The SMILES string of the molecule is CCN(CC)CCC1(C)CNC(=S)c2cc(OC)c(OC)cc21. The van der Waals surface area contributed by atoms with Crippen molar-refractivity contribution in [2.24, 2.45) is 0 Å². The first kappa shape index (κ1) is 18.0. The summed E-state index contributed by atoms with van der Waals surface area (Å²) in [6.07, 6.45) is 1.08. The van der Waals surface area contributed by atoms with Crippen LogP contribution >= 0.6 is 12.2 Å². The third-order valence-electron chi connectivity index (χ3n) is 4.93. The Labute approximate surface area is 145 Å². The predicted molar refractivity (Wildman–Crippen MR) is 99.0 cm³/mol. The van der Waals surface area contributed by atoms with Crippen molar-refractivity contribution in [3.8, 4) is 11.5 Å². The van der Waals surface area contributed by atoms with Crippen LogP contribution in [0, 0.1) is 0 Å². The maximum Gasteiger partial charge on any atom is 0.161 e. The van der Waals surface area contributed by atoms with E-state index in [-0.39, 0.29) is 5.41 Å². The third-order valence-corrected chi connectivity index (χ3v) is 5.30. The molecule has 0 saturated heterocycles. The quantitative estimate of drug-likeness (QED) is 0.774. The highest BCUT2D eigenvalue weighted by atomic mass is 32.1. The molecule has 1 atom stereocenters. The van der Waals surface area contributed by atoms with E-state index in [1.807, 2.05) is 6.07 Å². The Kier molecular flexibility index (Phi) is 5.87. The topological polar surface area (TPSA) is 33.7 Å². The van der Waals surface area contributed by atoms with E-state index in [0.717, 1.165) is 54.7 Å². The summed E-state index contributed by atoms with van der Waals surface area (Å²) in [4.78, 5) is 3.25. The van der Waals surface area contributed by atoms with Gasteiger partial charge in [-0.05, 0) is 43.8 Å². The number of hydrogen-bond donors (Lipinski definition) is 1. The van der Waals surface area contributed by atoms with Crippen molar-refractivity contribution >= 4 is 17.2 Å². The highest BCUT2D eigenvalue weighted by molar-refractivity contribution is 7.80. The summed E-state index contributed by atoms with van der Waals surface area (Å²) in [7, 11) is 3.33. The molecule has 4 nitrogen and oxygen atoms in total. The molecule has 0 amide bonds. The number of hydrogen-bond acceptors (Lipinski definition) is 4. The van der Waals surface area contributed by atoms with Crippen LogP contribution in [0.5, 0.6) is 11.5 Å². The van der Waals surface area contributed by atoms with E-state index in [1.54, 1.807) is 14.2 Å². The fraction of sp³-hybridized carbons (Fsp3) is 0.611. The Morgan fingerprint density at radius 1 is 1.17 bits per heavy atom. The first-order chi connectivity index (χ1) is 11.0. The van der Waals surface area contributed by atoms with Gasteiger partial charge < -0.3 is 19.7 Å². The Bertz CT molecular complexity index is 572. The zero-order chi connectivity index (χ0) is 17.0. The second-order valence-corrected chi connectivity index (χ2v) is 6.68. The smallest absolute Gasteiger partial charge is 0.161 e. The Hall–Kier alpha value is -1.33. The van der Waals surface area contributed by atoms with Crippen molar-refractivity contribution in [2.45, 2.75) is 32.6 Å². The van der Waals surface area contributed by atoms with Gasteiger partial charge in [0.15, 0.2) is 11.5 Å². The molecule has 0 radical (unpaired) electrons. The predicted octanol–water partition coefficient (Wildman–Crippen LogP) is 2.97. The van der Waals surface area contributed by atoms with E-state index in [4.69, 9.17) is 21.7 Å². The van der Waals surface area contributed by atoms with E-state index in [1.165, 1.54) is 5.56 Å². The highest BCUT2D eigenvalue weighted by Crippen LogP contribution is 2.40. The molecule has 1 heterocycles. The fourth-order valence-electron chi connectivity index (χ4n) is 3.20. The van der Waals surface area contributed by atoms with Gasteiger partial charge >= 0.3 is 0 Å². The number of methoxy groups -OCH3 is 2. The Balaban J connectivity index is 2.38. The lowest BCUT2D eigenvalue weighted by Gasteiger charge is -2.38. The summed E-state index contributed by atoms with van der Waals surface area (Å²) in [6.45, 7) is 10.8. The van der Waals surface area contributed by atoms with Gasteiger partial charge in [0.25, 0.3) is 0 Å². The van der Waals surface area contributed by atoms with E-state index in [9.17, 15) is 0 Å². The molecule has 1 aliphatic rings. The number of rotatable bonds is 7. The number of ether oxygens (including phenoxy) is 2. The van der Waals surface area contributed by atoms with E-state index in [0.29, 0.717) is 0 Å². The van der Waals surface area contributed by atoms with Gasteiger partial charge in [-0.1, -0.05) is 33.0 Å². The Morgan fingerprint density at radius 3 is 2.35 bits per heavy atom. The fourth-order valence-corrected chi connectivity index (χ4v) is 3.44. The monoisotopic (exact) mass is 336 g/mol. The minimum Gasteiger partial charge on any atom is -0.493 e. The zero-order valence-corrected chi connectivity index (χ0v) is 15.7. The molecule has 2 rings (SSSR count). The van der Waals surface area contributed by atoms with Gasteiger partial charge in [0.2, 0.25) is 0 Å². The molecule has 1 aliphatic heterocycles. The normalized spacial score (nSPS) is 20.2. The lowest BCUT2D eigenvalue weighted by molar-refractivity contribution is 0.261. The molecule has 0 bridgehead atoms. The van der Waals surface area contributed by atoms with Crippen molar-refractivity contribution in [3.63, 3.8) is 0 Å². The summed E-state index contributed by atoms with van der Waals surface area (Å²) in [5, 5.41) is 3.39. The lowest BCUT2D eigenvalue weighted by Crippen LogP contribution is -2.46. The summed E-state index contributed by atoms with van der Waals surface area (Å²) >= 11 is 5.51. The van der Waals surface area contributed by atoms with Crippen LogP contribution < -0.4 is 14.8 Å². The van der Waals surface area contributed by atoms with Crippen LogP contribution in [0.15, 0.2) is 12.1 Å². The molecule has 1 N–H and O–H groups in total. The van der Waals surface area contributed by atoms with Crippen LogP contribution in [-0.2, 0) is 5.41 Å². The second kappa shape index (κ2) is 7.49. The molecule has 0 aliphatic carbocycles. The zero-order valence-electron chi connectivity index (χ0n) is 14.9. The van der Waals surface area contributed by atoms with Crippen LogP contribution in [0.2, 0.25) is 0 Å². The van der Waals surface area contributed by atoms with Gasteiger partial charge in [-0.25, -0.2) is 0 Å². The van der Waals surface area contributed by atoms with Gasteiger partial charge in [0.1, 0.15) is 4.99 Å². The standard InChI is InChI=1S/C18H28N2O2S/c1-6-20(7-2)9-8-18(3)12-19-17(23)13-10-15(21-4)16(22-5)11-14(13)18/h10-11H,6-9,12H2,1-5H3,(H,19,23). The molecule has 5 heteroatoms. The van der Waals surface area contributed by atoms with Crippen LogP contribution in [0.4, 0.5) is 0 Å². The molecule has 0 fully saturated rings. The third kappa shape index (κ3) is 3.61. The summed E-state index contributed by atoms with van der Waals surface area (Å²) < 4.78 is 10.9. The molecule has 0 saturated carbocycles. The summed E-state index contributed by atoms with van der Waals surface area (Å²) in [5.74, 6) is 1.49. The minimum absolute atomic E-state index is 0.0276. The number of nitrogens with zero attached hydrogens (tertiary/aromatic N) is 1. The molecule has 1 unspecified atom stereocenters. The molecular weight excluding hydrogens is 308 g/mol. The molecule has 1 aromatic rings. The number of fused-ring (bicyclic) bond motifs is 1. The largest absolute Gasteiger partial charge is 0.493 e. The van der Waals surface area contributed by atoms with Gasteiger partial charge in [0.05, 0.1) is 14.2 Å². The average molecular weight is 337 g/mol. The van der Waals surface area contributed by atoms with Gasteiger partial charge in [0, 0.05) is 17.5 Å². The molecule has 0 aromatic heterocycles. The summed E-state index contributed by atoms with van der Waals surface area (Å²) in [5.41, 5.74) is 2.34. The van der Waals surface area contributed by atoms with Crippen molar-refractivity contribution < 1.29 is 9.47 Å². The molecule has 23 heavy (non-hydrogen) atoms. The molecule has 1 aromatic carbocycles.